The summed E-state index contributed by atoms with van der Waals surface area (Å²) in [6.07, 6.45) is 1.04. The van der Waals surface area contributed by atoms with Crippen molar-refractivity contribution >= 4 is 5.69 Å². The molecule has 0 aliphatic carbocycles. The van der Waals surface area contributed by atoms with Crippen LogP contribution in [0.4, 0.5) is 5.69 Å². The lowest BCUT2D eigenvalue weighted by molar-refractivity contribution is 0.229. The van der Waals surface area contributed by atoms with Crippen molar-refractivity contribution in [3.63, 3.8) is 0 Å². The van der Waals surface area contributed by atoms with Crippen LogP contribution in [0.2, 0.25) is 0 Å². The van der Waals surface area contributed by atoms with E-state index in [2.05, 4.69) is 58.3 Å². The van der Waals surface area contributed by atoms with Gasteiger partial charge < -0.3 is 10.6 Å². The quantitative estimate of drug-likeness (QED) is 0.923. The first-order chi connectivity index (χ1) is 10.9. The van der Waals surface area contributed by atoms with Crippen LogP contribution < -0.4 is 10.6 Å². The van der Waals surface area contributed by atoms with Crippen molar-refractivity contribution in [1.82, 2.24) is 4.90 Å². The molecule has 114 valence electrons. The zero-order valence-electron chi connectivity index (χ0n) is 12.9. The molecule has 0 radical (unpaired) electrons. The van der Waals surface area contributed by atoms with E-state index in [1.165, 1.54) is 22.4 Å². The van der Waals surface area contributed by atoms with Crippen LogP contribution in [0.1, 0.15) is 22.7 Å². The van der Waals surface area contributed by atoms with E-state index in [1.807, 2.05) is 0 Å². The molecule has 0 aromatic heterocycles. The Morgan fingerprint density at radius 1 is 0.955 bits per heavy atom. The summed E-state index contributed by atoms with van der Waals surface area (Å²) in [6, 6.07) is 18.3. The van der Waals surface area contributed by atoms with Gasteiger partial charge in [0.15, 0.2) is 0 Å². The van der Waals surface area contributed by atoms with Gasteiger partial charge in [-0.25, -0.2) is 0 Å². The summed E-state index contributed by atoms with van der Waals surface area (Å²) in [5.41, 5.74) is 11.6. The molecule has 0 bridgehead atoms. The maximum Gasteiger partial charge on any atom is 0.0672 e. The second-order valence-corrected chi connectivity index (χ2v) is 6.30. The van der Waals surface area contributed by atoms with Crippen LogP contribution in [-0.4, -0.2) is 37.6 Å². The van der Waals surface area contributed by atoms with Crippen LogP contribution in [0.5, 0.6) is 0 Å². The summed E-state index contributed by atoms with van der Waals surface area (Å²) in [5.74, 6) is 0. The Hall–Kier alpha value is -1.84. The molecule has 1 fully saturated rings. The molecule has 1 atom stereocenters. The Kier molecular flexibility index (Phi) is 3.60. The van der Waals surface area contributed by atoms with Gasteiger partial charge in [-0.2, -0.15) is 0 Å². The van der Waals surface area contributed by atoms with Crippen molar-refractivity contribution in [2.75, 3.05) is 37.6 Å². The zero-order valence-corrected chi connectivity index (χ0v) is 12.9. The lowest BCUT2D eigenvalue weighted by atomic mass is 9.96. The molecule has 3 nitrogen and oxygen atoms in total. The van der Waals surface area contributed by atoms with Crippen molar-refractivity contribution in [3.05, 3.63) is 65.2 Å². The van der Waals surface area contributed by atoms with Crippen LogP contribution in [0.3, 0.4) is 0 Å². The van der Waals surface area contributed by atoms with Crippen LogP contribution in [0, 0.1) is 0 Å². The Bertz CT molecular complexity index is 667. The first kappa shape index (κ1) is 13.8. The molecular weight excluding hydrogens is 270 g/mol. The van der Waals surface area contributed by atoms with Gasteiger partial charge in [0.05, 0.1) is 6.04 Å². The number of piperazine rings is 1. The summed E-state index contributed by atoms with van der Waals surface area (Å²) in [4.78, 5) is 5.11. The van der Waals surface area contributed by atoms with Gasteiger partial charge in [-0.3, -0.25) is 4.90 Å². The van der Waals surface area contributed by atoms with Crippen LogP contribution in [-0.2, 0) is 6.42 Å². The number of benzene rings is 2. The van der Waals surface area contributed by atoms with Crippen molar-refractivity contribution < 1.29 is 0 Å². The Morgan fingerprint density at radius 3 is 2.59 bits per heavy atom. The topological polar surface area (TPSA) is 32.5 Å². The summed E-state index contributed by atoms with van der Waals surface area (Å²) >= 11 is 0. The average Bonchev–Trinajstić information content (AvgIpc) is 2.69. The molecule has 0 spiro atoms. The minimum Gasteiger partial charge on any atom is -0.362 e. The van der Waals surface area contributed by atoms with Crippen LogP contribution in [0.25, 0.3) is 0 Å². The molecule has 4 rings (SSSR count). The first-order valence-corrected chi connectivity index (χ1v) is 8.21. The highest BCUT2D eigenvalue weighted by molar-refractivity contribution is 5.60. The van der Waals surface area contributed by atoms with Gasteiger partial charge in [-0.1, -0.05) is 42.5 Å². The predicted octanol–water partition coefficient (Wildman–Crippen LogP) is 2.41. The number of rotatable bonds is 2. The van der Waals surface area contributed by atoms with Crippen LogP contribution >= 0.6 is 0 Å². The Labute approximate surface area is 132 Å². The van der Waals surface area contributed by atoms with Gasteiger partial charge in [-0.15, -0.1) is 0 Å². The third kappa shape index (κ3) is 2.31. The molecule has 0 unspecified atom stereocenters. The van der Waals surface area contributed by atoms with E-state index in [4.69, 9.17) is 5.73 Å². The average molecular weight is 293 g/mol. The summed E-state index contributed by atoms with van der Waals surface area (Å²) in [6.45, 7) is 4.99. The van der Waals surface area contributed by atoms with E-state index in [0.717, 1.165) is 39.1 Å². The Morgan fingerprint density at radius 2 is 1.73 bits per heavy atom. The van der Waals surface area contributed by atoms with E-state index < -0.39 is 0 Å². The lowest BCUT2D eigenvalue weighted by Gasteiger charge is -2.43. The number of anilines is 1. The highest BCUT2D eigenvalue weighted by Gasteiger charge is 2.32. The molecule has 1 saturated heterocycles. The molecule has 2 heterocycles. The van der Waals surface area contributed by atoms with E-state index in [-0.39, 0.29) is 0 Å². The zero-order chi connectivity index (χ0) is 14.9. The van der Waals surface area contributed by atoms with Gasteiger partial charge in [0.1, 0.15) is 0 Å². The maximum atomic E-state index is 5.77. The fourth-order valence-electron chi connectivity index (χ4n) is 3.95. The molecule has 3 heteroatoms. The standard InChI is InChI=1S/C19H23N3/c20-9-10-21-11-12-22-18-8-4-2-6-16(18)13-15-5-1-3-7-17(15)19(22)14-21/h1-8,19H,9-14,20H2/t19-/m1/s1. The van der Waals surface area contributed by atoms with Crippen LogP contribution in [0.15, 0.2) is 48.5 Å². The van der Waals surface area contributed by atoms with Crippen molar-refractivity contribution in [3.8, 4) is 0 Å². The third-order valence-electron chi connectivity index (χ3n) is 5.01. The number of para-hydroxylation sites is 1. The second-order valence-electron chi connectivity index (χ2n) is 6.30. The van der Waals surface area contributed by atoms with E-state index >= 15 is 0 Å². The van der Waals surface area contributed by atoms with Gasteiger partial charge in [-0.05, 0) is 29.2 Å². The van der Waals surface area contributed by atoms with Crippen molar-refractivity contribution in [2.24, 2.45) is 5.73 Å². The summed E-state index contributed by atoms with van der Waals surface area (Å²) in [7, 11) is 0. The molecule has 2 aliphatic heterocycles. The van der Waals surface area contributed by atoms with Crippen molar-refractivity contribution in [1.29, 1.82) is 0 Å². The van der Waals surface area contributed by atoms with E-state index in [9.17, 15) is 0 Å². The normalized spacial score (nSPS) is 20.8. The third-order valence-corrected chi connectivity index (χ3v) is 5.01. The predicted molar refractivity (Wildman–Crippen MR) is 91.3 cm³/mol. The van der Waals surface area contributed by atoms with E-state index in [0.29, 0.717) is 6.04 Å². The minimum atomic E-state index is 0.445. The molecule has 2 N–H and O–H groups in total. The van der Waals surface area contributed by atoms with Gasteiger partial charge in [0.2, 0.25) is 0 Å². The van der Waals surface area contributed by atoms with Gasteiger partial charge >= 0.3 is 0 Å². The molecule has 2 aromatic carbocycles. The highest BCUT2D eigenvalue weighted by Crippen LogP contribution is 2.38. The first-order valence-electron chi connectivity index (χ1n) is 8.21. The van der Waals surface area contributed by atoms with Crippen molar-refractivity contribution in [2.45, 2.75) is 12.5 Å². The fourth-order valence-corrected chi connectivity index (χ4v) is 3.95. The molecule has 0 saturated carbocycles. The number of hydrogen-bond donors (Lipinski definition) is 1. The number of nitrogens with zero attached hydrogens (tertiary/aromatic N) is 2. The largest absolute Gasteiger partial charge is 0.362 e. The number of fused-ring (bicyclic) bond motifs is 5. The SMILES string of the molecule is NCCN1CCN2c3ccccc3Cc3ccccc3[C@H]2C1. The number of nitrogens with two attached hydrogens (primary N) is 1. The minimum absolute atomic E-state index is 0.445. The smallest absolute Gasteiger partial charge is 0.0672 e. The molecule has 0 amide bonds. The summed E-state index contributed by atoms with van der Waals surface area (Å²) < 4.78 is 0. The summed E-state index contributed by atoms with van der Waals surface area (Å²) in [5, 5.41) is 0. The maximum absolute atomic E-state index is 5.77. The molecule has 22 heavy (non-hydrogen) atoms. The van der Waals surface area contributed by atoms with Gasteiger partial charge in [0.25, 0.3) is 0 Å². The monoisotopic (exact) mass is 293 g/mol. The fraction of sp³-hybridized carbons (Fsp3) is 0.368. The highest BCUT2D eigenvalue weighted by atomic mass is 15.3. The number of hydrogen-bond acceptors (Lipinski definition) is 3. The molecule has 2 aliphatic rings. The molecular formula is C19H23N3. The lowest BCUT2D eigenvalue weighted by Crippen LogP contribution is -2.49. The van der Waals surface area contributed by atoms with Gasteiger partial charge in [0, 0.05) is 38.4 Å². The molecule has 2 aromatic rings. The second kappa shape index (κ2) is 5.75. The van der Waals surface area contributed by atoms with E-state index in [1.54, 1.807) is 0 Å². The Balaban J connectivity index is 1.80.